The fraction of sp³-hybridized carbons (Fsp3) is 0.333. The van der Waals surface area contributed by atoms with E-state index < -0.39 is 0 Å². The van der Waals surface area contributed by atoms with Crippen molar-refractivity contribution in [1.29, 1.82) is 0 Å². The molecule has 0 N–H and O–H groups in total. The van der Waals surface area contributed by atoms with E-state index in [4.69, 9.17) is 0 Å². The summed E-state index contributed by atoms with van der Waals surface area (Å²) in [6, 6.07) is 13.9. The predicted octanol–water partition coefficient (Wildman–Crippen LogP) is 3.78. The molecule has 1 aliphatic heterocycles. The molecule has 3 aromatic rings. The summed E-state index contributed by atoms with van der Waals surface area (Å²) in [5, 5.41) is 4.54. The second-order valence-corrected chi connectivity index (χ2v) is 7.38. The molecule has 0 bridgehead atoms. The molecular formula is C21H24N4O. The number of piperidine rings is 1. The molecule has 0 aliphatic carbocycles. The van der Waals surface area contributed by atoms with Crippen molar-refractivity contribution >= 4 is 5.91 Å². The molecule has 5 nitrogen and oxygen atoms in total. The minimum Gasteiger partial charge on any atom is -0.338 e. The minimum atomic E-state index is 0.0641. The van der Waals surface area contributed by atoms with Crippen LogP contribution >= 0.6 is 0 Å². The predicted molar refractivity (Wildman–Crippen MR) is 102 cm³/mol. The molecule has 1 aromatic carbocycles. The molecule has 2 atom stereocenters. The zero-order valence-electron chi connectivity index (χ0n) is 15.2. The van der Waals surface area contributed by atoms with E-state index in [1.54, 1.807) is 6.20 Å². The van der Waals surface area contributed by atoms with Crippen LogP contribution in [0.25, 0.3) is 11.5 Å². The van der Waals surface area contributed by atoms with Crippen LogP contribution in [0, 0.1) is 11.8 Å². The van der Waals surface area contributed by atoms with Crippen molar-refractivity contribution in [2.75, 3.05) is 13.1 Å². The van der Waals surface area contributed by atoms with Gasteiger partial charge in [-0.1, -0.05) is 32.0 Å². The van der Waals surface area contributed by atoms with Crippen LogP contribution < -0.4 is 0 Å². The molecule has 26 heavy (non-hydrogen) atoms. The van der Waals surface area contributed by atoms with Gasteiger partial charge in [0.1, 0.15) is 5.56 Å². The smallest absolute Gasteiger partial charge is 0.259 e. The van der Waals surface area contributed by atoms with E-state index in [-0.39, 0.29) is 5.91 Å². The number of hydrogen-bond donors (Lipinski definition) is 0. The maximum Gasteiger partial charge on any atom is 0.259 e. The Kier molecular flexibility index (Phi) is 4.37. The average molecular weight is 348 g/mol. The average Bonchev–Trinajstić information content (AvgIpc) is 3.30. The standard InChI is InChI=1S/C21H24N4O/c1-16-12-17(2)15-24(14-16)21(26)19-13-22-25(18-8-4-3-5-9-18)20(19)23-10-6-7-11-23/h3-11,13,16-17H,12,14-15H2,1-2H3. The van der Waals surface area contributed by atoms with E-state index in [0.29, 0.717) is 17.4 Å². The number of para-hydroxylation sites is 1. The Morgan fingerprint density at radius 2 is 1.65 bits per heavy atom. The highest BCUT2D eigenvalue weighted by atomic mass is 16.2. The molecule has 0 spiro atoms. The lowest BCUT2D eigenvalue weighted by Crippen LogP contribution is -2.42. The molecule has 1 saturated heterocycles. The number of hydrogen-bond acceptors (Lipinski definition) is 2. The second kappa shape index (κ2) is 6.83. The number of aromatic nitrogens is 3. The Labute approximate surface area is 153 Å². The van der Waals surface area contributed by atoms with Gasteiger partial charge in [0.2, 0.25) is 0 Å². The van der Waals surface area contributed by atoms with Crippen molar-refractivity contribution in [3.63, 3.8) is 0 Å². The highest BCUT2D eigenvalue weighted by Crippen LogP contribution is 2.26. The van der Waals surface area contributed by atoms with Crippen molar-refractivity contribution in [1.82, 2.24) is 19.2 Å². The third-order valence-corrected chi connectivity index (χ3v) is 4.98. The van der Waals surface area contributed by atoms with Gasteiger partial charge in [0.25, 0.3) is 5.91 Å². The zero-order valence-corrected chi connectivity index (χ0v) is 15.2. The van der Waals surface area contributed by atoms with E-state index in [1.165, 1.54) is 6.42 Å². The Morgan fingerprint density at radius 3 is 2.31 bits per heavy atom. The molecule has 1 fully saturated rings. The molecule has 4 rings (SSSR count). The van der Waals surface area contributed by atoms with E-state index in [2.05, 4.69) is 18.9 Å². The number of nitrogens with zero attached hydrogens (tertiary/aromatic N) is 4. The summed E-state index contributed by atoms with van der Waals surface area (Å²) in [7, 11) is 0. The highest BCUT2D eigenvalue weighted by molar-refractivity contribution is 5.97. The Balaban J connectivity index is 1.77. The zero-order chi connectivity index (χ0) is 18.1. The lowest BCUT2D eigenvalue weighted by Gasteiger charge is -2.35. The third-order valence-electron chi connectivity index (χ3n) is 4.98. The number of benzene rings is 1. The first-order valence-corrected chi connectivity index (χ1v) is 9.19. The molecule has 5 heteroatoms. The van der Waals surface area contributed by atoms with Crippen LogP contribution in [-0.4, -0.2) is 38.2 Å². The molecule has 1 amide bonds. The van der Waals surface area contributed by atoms with Crippen molar-refractivity contribution in [2.24, 2.45) is 11.8 Å². The summed E-state index contributed by atoms with van der Waals surface area (Å²) >= 11 is 0. The number of likely N-dealkylation sites (tertiary alicyclic amines) is 1. The SMILES string of the molecule is CC1CC(C)CN(C(=O)c2cnn(-c3ccccc3)c2-n2cccc2)C1. The molecule has 3 heterocycles. The van der Waals surface area contributed by atoms with E-state index in [0.717, 1.165) is 24.6 Å². The van der Waals surface area contributed by atoms with Gasteiger partial charge in [0, 0.05) is 25.5 Å². The first-order valence-electron chi connectivity index (χ1n) is 9.19. The summed E-state index contributed by atoms with van der Waals surface area (Å²) in [6.07, 6.45) is 6.79. The van der Waals surface area contributed by atoms with E-state index >= 15 is 0 Å². The first-order chi connectivity index (χ1) is 12.6. The van der Waals surface area contributed by atoms with Crippen LogP contribution in [0.4, 0.5) is 0 Å². The minimum absolute atomic E-state index is 0.0641. The highest BCUT2D eigenvalue weighted by Gasteiger charge is 2.29. The maximum absolute atomic E-state index is 13.3. The summed E-state index contributed by atoms with van der Waals surface area (Å²) < 4.78 is 3.80. The largest absolute Gasteiger partial charge is 0.338 e. The van der Waals surface area contributed by atoms with Gasteiger partial charge in [0.05, 0.1) is 11.9 Å². The van der Waals surface area contributed by atoms with Gasteiger partial charge in [0.15, 0.2) is 5.82 Å². The van der Waals surface area contributed by atoms with Crippen molar-refractivity contribution < 1.29 is 4.79 Å². The fourth-order valence-electron chi connectivity index (χ4n) is 3.97. The number of rotatable bonds is 3. The second-order valence-electron chi connectivity index (χ2n) is 7.38. The monoisotopic (exact) mass is 348 g/mol. The summed E-state index contributed by atoms with van der Waals surface area (Å²) in [5.41, 5.74) is 1.59. The molecular weight excluding hydrogens is 324 g/mol. The van der Waals surface area contributed by atoms with Gasteiger partial charge in [-0.3, -0.25) is 4.79 Å². The van der Waals surface area contributed by atoms with Crippen LogP contribution in [-0.2, 0) is 0 Å². The maximum atomic E-state index is 13.3. The molecule has 2 aromatic heterocycles. The van der Waals surface area contributed by atoms with Crippen LogP contribution in [0.15, 0.2) is 61.1 Å². The van der Waals surface area contributed by atoms with Gasteiger partial charge in [-0.25, -0.2) is 4.68 Å². The van der Waals surface area contributed by atoms with Crippen LogP contribution in [0.2, 0.25) is 0 Å². The Morgan fingerprint density at radius 1 is 1.00 bits per heavy atom. The third kappa shape index (κ3) is 3.05. The van der Waals surface area contributed by atoms with Crippen molar-refractivity contribution in [3.8, 4) is 11.5 Å². The van der Waals surface area contributed by atoms with Gasteiger partial charge in [-0.2, -0.15) is 5.10 Å². The number of amides is 1. The van der Waals surface area contributed by atoms with Gasteiger partial charge >= 0.3 is 0 Å². The molecule has 134 valence electrons. The van der Waals surface area contributed by atoms with Crippen LogP contribution in [0.1, 0.15) is 30.6 Å². The quantitative estimate of drug-likeness (QED) is 0.723. The lowest BCUT2D eigenvalue weighted by atomic mass is 9.91. The van der Waals surface area contributed by atoms with Crippen LogP contribution in [0.3, 0.4) is 0 Å². The van der Waals surface area contributed by atoms with E-state index in [9.17, 15) is 4.79 Å². The number of carbonyl (C=O) groups is 1. The van der Waals surface area contributed by atoms with Gasteiger partial charge in [-0.05, 0) is 42.5 Å². The lowest BCUT2D eigenvalue weighted by molar-refractivity contribution is 0.0623. The Bertz CT molecular complexity index is 872. The van der Waals surface area contributed by atoms with Crippen LogP contribution in [0.5, 0.6) is 0 Å². The normalized spacial score (nSPS) is 20.3. The summed E-state index contributed by atoms with van der Waals surface area (Å²) in [4.78, 5) is 15.3. The summed E-state index contributed by atoms with van der Waals surface area (Å²) in [6.45, 7) is 6.06. The van der Waals surface area contributed by atoms with Gasteiger partial charge in [-0.15, -0.1) is 0 Å². The van der Waals surface area contributed by atoms with Gasteiger partial charge < -0.3 is 9.47 Å². The molecule has 1 aliphatic rings. The molecule has 0 radical (unpaired) electrons. The van der Waals surface area contributed by atoms with Crippen molar-refractivity contribution in [3.05, 3.63) is 66.6 Å². The first kappa shape index (κ1) is 16.6. The number of carbonyl (C=O) groups excluding carboxylic acids is 1. The Hall–Kier alpha value is -2.82. The topological polar surface area (TPSA) is 43.1 Å². The molecule has 0 saturated carbocycles. The molecule has 2 unspecified atom stereocenters. The fourth-order valence-corrected chi connectivity index (χ4v) is 3.97. The van der Waals surface area contributed by atoms with Crippen molar-refractivity contribution in [2.45, 2.75) is 20.3 Å². The van der Waals surface area contributed by atoms with E-state index in [1.807, 2.05) is 69.0 Å². The summed E-state index contributed by atoms with van der Waals surface area (Å²) in [5.74, 6) is 1.91.